The Morgan fingerprint density at radius 1 is 1.10 bits per heavy atom. The molecule has 0 spiro atoms. The van der Waals surface area contributed by atoms with Crippen molar-refractivity contribution >= 4 is 35.5 Å². The molecule has 3 N–H and O–H groups in total. The molecule has 0 fully saturated rings. The van der Waals surface area contributed by atoms with Crippen molar-refractivity contribution in [2.75, 3.05) is 16.0 Å². The Bertz CT molecular complexity index is 992. The lowest BCUT2D eigenvalue weighted by molar-refractivity contribution is -0.117. The van der Waals surface area contributed by atoms with E-state index in [2.05, 4.69) is 35.4 Å². The highest BCUT2D eigenvalue weighted by molar-refractivity contribution is 5.94. The number of nitrogens with one attached hydrogen (secondary N) is 1. The minimum absolute atomic E-state index is 0. The average molecular weight is 409 g/mol. The summed E-state index contributed by atoms with van der Waals surface area (Å²) in [6.45, 7) is 3.73. The second-order valence-corrected chi connectivity index (χ2v) is 7.28. The van der Waals surface area contributed by atoms with Crippen molar-refractivity contribution in [3.8, 4) is 11.1 Å². The van der Waals surface area contributed by atoms with Crippen molar-refractivity contribution in [1.82, 2.24) is 4.98 Å². The quantitative estimate of drug-likeness (QED) is 0.636. The van der Waals surface area contributed by atoms with Gasteiger partial charge in [0.15, 0.2) is 0 Å². The highest BCUT2D eigenvalue weighted by Gasteiger charge is 2.32. The largest absolute Gasteiger partial charge is 0.384 e. The summed E-state index contributed by atoms with van der Waals surface area (Å²) < 4.78 is 0. The van der Waals surface area contributed by atoms with Crippen LogP contribution in [0.25, 0.3) is 11.1 Å². The topological polar surface area (TPSA) is 71.2 Å². The molecule has 1 aliphatic rings. The van der Waals surface area contributed by atoms with Crippen molar-refractivity contribution in [3.63, 3.8) is 0 Å². The number of nitrogens with two attached hydrogens (primary N) is 1. The number of hydrogen-bond acceptors (Lipinski definition) is 4. The number of fused-ring (bicyclic) bond motifs is 1. The Labute approximate surface area is 177 Å². The molecule has 1 aromatic heterocycles. The van der Waals surface area contributed by atoms with Gasteiger partial charge in [-0.05, 0) is 60.9 Å². The van der Waals surface area contributed by atoms with Crippen LogP contribution in [0, 0.1) is 0 Å². The van der Waals surface area contributed by atoms with Crippen LogP contribution in [0.3, 0.4) is 0 Å². The molecule has 0 saturated heterocycles. The van der Waals surface area contributed by atoms with Crippen molar-refractivity contribution in [3.05, 3.63) is 72.4 Å². The van der Waals surface area contributed by atoms with Gasteiger partial charge in [0, 0.05) is 36.1 Å². The molecular weight excluding hydrogens is 384 g/mol. The lowest BCUT2D eigenvalue weighted by Gasteiger charge is -2.39. The van der Waals surface area contributed by atoms with E-state index in [0.29, 0.717) is 5.82 Å². The summed E-state index contributed by atoms with van der Waals surface area (Å²) in [7, 11) is 0. The van der Waals surface area contributed by atoms with Crippen LogP contribution in [0.5, 0.6) is 0 Å². The molecule has 0 unspecified atom stereocenters. The number of amides is 1. The van der Waals surface area contributed by atoms with Crippen LogP contribution in [0.4, 0.5) is 17.2 Å². The first-order valence-corrected chi connectivity index (χ1v) is 9.50. The second-order valence-electron chi connectivity index (χ2n) is 7.28. The van der Waals surface area contributed by atoms with Gasteiger partial charge in [-0.2, -0.15) is 0 Å². The molecule has 0 aliphatic carbocycles. The van der Waals surface area contributed by atoms with Crippen LogP contribution in [-0.2, 0) is 4.79 Å². The third kappa shape index (κ3) is 4.20. The molecule has 2 aromatic carbocycles. The molecule has 0 saturated carbocycles. The lowest BCUT2D eigenvalue weighted by Crippen LogP contribution is -2.43. The number of hydrogen-bond donors (Lipinski definition) is 2. The van der Waals surface area contributed by atoms with E-state index in [1.54, 1.807) is 19.2 Å². The maximum absolute atomic E-state index is 12.3. The zero-order valence-corrected chi connectivity index (χ0v) is 17.3. The summed E-state index contributed by atoms with van der Waals surface area (Å²) in [5.74, 6) is 0.565. The maximum atomic E-state index is 12.3. The van der Waals surface area contributed by atoms with Crippen LogP contribution in [0.15, 0.2) is 66.9 Å². The first kappa shape index (κ1) is 20.7. The summed E-state index contributed by atoms with van der Waals surface area (Å²) in [4.78, 5) is 18.4. The minimum Gasteiger partial charge on any atom is -0.384 e. The summed E-state index contributed by atoms with van der Waals surface area (Å²) >= 11 is 0. The predicted molar refractivity (Wildman–Crippen MR) is 121 cm³/mol. The van der Waals surface area contributed by atoms with E-state index < -0.39 is 0 Å². The zero-order chi connectivity index (χ0) is 19.7. The molecule has 2 heterocycles. The Morgan fingerprint density at radius 2 is 1.83 bits per heavy atom. The van der Waals surface area contributed by atoms with Crippen LogP contribution in [-0.4, -0.2) is 16.9 Å². The summed E-state index contributed by atoms with van der Waals surface area (Å²) in [5.41, 5.74) is 10.9. The fourth-order valence-corrected chi connectivity index (χ4v) is 3.97. The van der Waals surface area contributed by atoms with E-state index in [1.807, 2.05) is 41.3 Å². The van der Waals surface area contributed by atoms with Crippen molar-refractivity contribution < 1.29 is 4.79 Å². The zero-order valence-electron chi connectivity index (χ0n) is 16.5. The fraction of sp³-hybridized carbons (Fsp3) is 0.217. The number of para-hydroxylation sites is 1. The van der Waals surface area contributed by atoms with Gasteiger partial charge in [-0.15, -0.1) is 12.4 Å². The molecule has 150 valence electrons. The van der Waals surface area contributed by atoms with Gasteiger partial charge in [0.25, 0.3) is 0 Å². The van der Waals surface area contributed by atoms with Gasteiger partial charge in [-0.25, -0.2) is 4.98 Å². The molecular formula is C23H25ClN4O. The number of halogens is 1. The van der Waals surface area contributed by atoms with E-state index in [1.165, 1.54) is 0 Å². The van der Waals surface area contributed by atoms with Crippen molar-refractivity contribution in [2.45, 2.75) is 32.4 Å². The Balaban J connectivity index is 0.00000240. The number of benzene rings is 2. The molecule has 5 nitrogen and oxygen atoms in total. The number of nitrogen functional groups attached to an aromatic ring is 1. The number of carbonyl (C=O) groups excluding carboxylic acids is 1. The average Bonchev–Trinajstić information content (AvgIpc) is 2.69. The number of carbonyl (C=O) groups is 1. The Hall–Kier alpha value is -3.05. The Morgan fingerprint density at radius 3 is 2.48 bits per heavy atom. The van der Waals surface area contributed by atoms with Gasteiger partial charge < -0.3 is 16.0 Å². The minimum atomic E-state index is 0. The molecule has 0 radical (unpaired) electrons. The van der Waals surface area contributed by atoms with E-state index in [9.17, 15) is 4.79 Å². The van der Waals surface area contributed by atoms with Crippen LogP contribution < -0.4 is 16.0 Å². The number of pyridine rings is 1. The molecule has 6 heteroatoms. The van der Waals surface area contributed by atoms with Gasteiger partial charge in [0.2, 0.25) is 5.91 Å². The van der Waals surface area contributed by atoms with Crippen LogP contribution in [0.2, 0.25) is 0 Å². The maximum Gasteiger partial charge on any atom is 0.224 e. The number of rotatable bonds is 3. The molecule has 4 rings (SSSR count). The molecule has 0 bridgehead atoms. The smallest absolute Gasteiger partial charge is 0.224 e. The lowest BCUT2D eigenvalue weighted by atomic mass is 9.89. The Kier molecular flexibility index (Phi) is 6.09. The van der Waals surface area contributed by atoms with Crippen LogP contribution >= 0.6 is 12.4 Å². The number of anilines is 3. The van der Waals surface area contributed by atoms with Gasteiger partial charge in [-0.1, -0.05) is 24.3 Å². The summed E-state index contributed by atoms with van der Waals surface area (Å²) in [6, 6.07) is 20.4. The van der Waals surface area contributed by atoms with E-state index >= 15 is 0 Å². The van der Waals surface area contributed by atoms with Gasteiger partial charge in [-0.3, -0.25) is 4.79 Å². The normalized spacial score (nSPS) is 17.8. The SMILES string of the molecule is CC(=O)N1c2ccc(-c3ccc(N)nc3)cc2[C@H](Nc2ccccc2)C[C@@H]1C.Cl. The fourth-order valence-electron chi connectivity index (χ4n) is 3.97. The number of nitrogens with zero attached hydrogens (tertiary/aromatic N) is 2. The molecule has 1 aliphatic heterocycles. The van der Waals surface area contributed by atoms with Crippen molar-refractivity contribution in [1.29, 1.82) is 0 Å². The molecule has 2 atom stereocenters. The third-order valence-corrected chi connectivity index (χ3v) is 5.25. The summed E-state index contributed by atoms with van der Waals surface area (Å²) in [5, 5.41) is 3.64. The summed E-state index contributed by atoms with van der Waals surface area (Å²) in [6.07, 6.45) is 2.62. The van der Waals surface area contributed by atoms with Gasteiger partial charge in [0.05, 0.1) is 6.04 Å². The highest BCUT2D eigenvalue weighted by atomic mass is 35.5. The molecule has 3 aromatic rings. The first-order chi connectivity index (χ1) is 13.5. The van der Waals surface area contributed by atoms with Gasteiger partial charge >= 0.3 is 0 Å². The highest BCUT2D eigenvalue weighted by Crippen LogP contribution is 2.41. The van der Waals surface area contributed by atoms with E-state index in [0.717, 1.165) is 34.5 Å². The first-order valence-electron chi connectivity index (χ1n) is 9.50. The van der Waals surface area contributed by atoms with Crippen LogP contribution in [0.1, 0.15) is 31.9 Å². The predicted octanol–water partition coefficient (Wildman–Crippen LogP) is 5.05. The number of aromatic nitrogens is 1. The second kappa shape index (κ2) is 8.53. The van der Waals surface area contributed by atoms with Gasteiger partial charge in [0.1, 0.15) is 5.82 Å². The standard InChI is InChI=1S/C23H24N4O.ClH/c1-15-12-21(26-19-6-4-3-5-7-19)20-13-17(18-9-11-23(24)25-14-18)8-10-22(20)27(15)16(2)28;/h3-11,13-15,21,26H,12H2,1-2H3,(H2,24,25);1H/t15-,21+;/m0./s1. The van der Waals surface area contributed by atoms with E-state index in [4.69, 9.17) is 5.73 Å². The monoisotopic (exact) mass is 408 g/mol. The van der Waals surface area contributed by atoms with Crippen molar-refractivity contribution in [2.24, 2.45) is 0 Å². The molecule has 29 heavy (non-hydrogen) atoms. The third-order valence-electron chi connectivity index (χ3n) is 5.25. The van der Waals surface area contributed by atoms with E-state index in [-0.39, 0.29) is 30.4 Å². The molecule has 1 amide bonds.